The first-order valence-electron chi connectivity index (χ1n) is 8.99. The van der Waals surface area contributed by atoms with E-state index in [-0.39, 0.29) is 0 Å². The zero-order valence-corrected chi connectivity index (χ0v) is 17.1. The van der Waals surface area contributed by atoms with E-state index in [9.17, 15) is 0 Å². The summed E-state index contributed by atoms with van der Waals surface area (Å²) in [5.74, 6) is 0. The quantitative estimate of drug-likeness (QED) is 0.367. The minimum atomic E-state index is -1.94. The van der Waals surface area contributed by atoms with Crippen LogP contribution in [0.3, 0.4) is 0 Å². The van der Waals surface area contributed by atoms with E-state index in [1.807, 2.05) is 0 Å². The second kappa shape index (κ2) is 10.8. The summed E-state index contributed by atoms with van der Waals surface area (Å²) in [6.45, 7) is 2.29. The van der Waals surface area contributed by atoms with Crippen molar-refractivity contribution in [3.63, 3.8) is 0 Å². The van der Waals surface area contributed by atoms with Crippen LogP contribution in [-0.4, -0.2) is 6.16 Å². The molecule has 134 valence electrons. The van der Waals surface area contributed by atoms with Crippen LogP contribution in [0.15, 0.2) is 91.0 Å². The number of rotatable bonds is 6. The summed E-state index contributed by atoms with van der Waals surface area (Å²) in [4.78, 5) is 0. The van der Waals surface area contributed by atoms with Crippen molar-refractivity contribution in [1.29, 1.82) is 5.26 Å². The van der Waals surface area contributed by atoms with Gasteiger partial charge in [0.2, 0.25) is 0 Å². The molecule has 0 N–H and O–H groups in total. The third kappa shape index (κ3) is 4.76. The van der Waals surface area contributed by atoms with E-state index in [0.29, 0.717) is 0 Å². The van der Waals surface area contributed by atoms with Gasteiger partial charge in [0.15, 0.2) is 0 Å². The molecule has 3 aromatic rings. The standard InChI is InChI=1S/C22H25P.CHNS/c1-2-3-19-23(20-13-7-4-8-14-20,21-15-9-5-10-16-21)22-17-11-6-12-18-22;2-1-3/h4-18,23H,2-3,19H2,1H3;3H. The topological polar surface area (TPSA) is 23.8 Å². The number of hydrogen-bond donors (Lipinski definition) is 1. The minimum absolute atomic E-state index is 1.24. The molecule has 26 heavy (non-hydrogen) atoms. The maximum Gasteiger partial charge on any atom is 0.130 e. The summed E-state index contributed by atoms with van der Waals surface area (Å²) in [5.41, 5.74) is 0. The zero-order valence-electron chi connectivity index (χ0n) is 15.2. The summed E-state index contributed by atoms with van der Waals surface area (Å²) >= 11 is 3.09. The van der Waals surface area contributed by atoms with Crippen LogP contribution in [0.1, 0.15) is 19.8 Å². The van der Waals surface area contributed by atoms with Crippen LogP contribution in [0.25, 0.3) is 0 Å². The summed E-state index contributed by atoms with van der Waals surface area (Å²) < 4.78 is 0. The van der Waals surface area contributed by atoms with Gasteiger partial charge in [-0.1, -0.05) is 12.6 Å². The average molecular weight is 380 g/mol. The molecule has 0 aliphatic heterocycles. The van der Waals surface area contributed by atoms with Crippen molar-refractivity contribution >= 4 is 35.8 Å². The van der Waals surface area contributed by atoms with E-state index in [1.165, 1.54) is 40.3 Å². The number of thiol groups is 1. The van der Waals surface area contributed by atoms with Gasteiger partial charge in [-0.25, -0.2) is 0 Å². The molecule has 3 aromatic carbocycles. The zero-order chi connectivity index (χ0) is 18.7. The number of unbranched alkanes of at least 4 members (excludes halogenated alkanes) is 1. The van der Waals surface area contributed by atoms with Gasteiger partial charge >= 0.3 is 140 Å². The average Bonchev–Trinajstić information content (AvgIpc) is 2.72. The molecule has 3 heteroatoms. The maximum atomic E-state index is 7.18. The van der Waals surface area contributed by atoms with Gasteiger partial charge in [0.1, 0.15) is 5.40 Å². The predicted molar refractivity (Wildman–Crippen MR) is 121 cm³/mol. The van der Waals surface area contributed by atoms with Crippen molar-refractivity contribution in [2.24, 2.45) is 0 Å². The third-order valence-corrected chi connectivity index (χ3v) is 9.77. The first kappa shape index (κ1) is 20.2. The van der Waals surface area contributed by atoms with Crippen molar-refractivity contribution < 1.29 is 0 Å². The van der Waals surface area contributed by atoms with E-state index >= 15 is 0 Å². The third-order valence-electron chi connectivity index (χ3n) is 4.71. The van der Waals surface area contributed by atoms with E-state index in [2.05, 4.69) is 111 Å². The molecule has 1 nitrogen and oxygen atoms in total. The molecule has 0 aromatic heterocycles. The molecule has 3 rings (SSSR count). The van der Waals surface area contributed by atoms with Crippen LogP contribution < -0.4 is 15.9 Å². The number of benzene rings is 3. The molecular weight excluding hydrogens is 353 g/mol. The molecule has 0 spiro atoms. The first-order chi connectivity index (χ1) is 12.8. The Kier molecular flexibility index (Phi) is 8.42. The van der Waals surface area contributed by atoms with Crippen LogP contribution in [0.5, 0.6) is 0 Å². The Balaban J connectivity index is 0.000000758. The van der Waals surface area contributed by atoms with Gasteiger partial charge in [-0.15, -0.1) is 0 Å². The Morgan fingerprint density at radius 1 is 0.731 bits per heavy atom. The number of hydrogen-bond acceptors (Lipinski definition) is 2. The SMILES string of the molecule is CCCC[PH](c1ccccc1)(c1ccccc1)c1ccccc1.N#CS. The summed E-state index contributed by atoms with van der Waals surface area (Å²) in [6, 6.07) is 33.5. The van der Waals surface area contributed by atoms with E-state index in [1.54, 1.807) is 0 Å². The predicted octanol–water partition coefficient (Wildman–Crippen LogP) is 4.91. The van der Waals surface area contributed by atoms with Gasteiger partial charge < -0.3 is 0 Å². The smallest absolute Gasteiger partial charge is 0.130 e. The normalized spacial score (nSPS) is 11.0. The van der Waals surface area contributed by atoms with Crippen LogP contribution in [0.2, 0.25) is 0 Å². The van der Waals surface area contributed by atoms with Crippen molar-refractivity contribution in [2.75, 3.05) is 6.16 Å². The van der Waals surface area contributed by atoms with Gasteiger partial charge in [-0.3, -0.25) is 0 Å². The minimum Gasteiger partial charge on any atom is -0.185 e. The second-order valence-corrected chi connectivity index (χ2v) is 10.4. The van der Waals surface area contributed by atoms with Crippen LogP contribution in [0, 0.1) is 10.7 Å². The summed E-state index contributed by atoms with van der Waals surface area (Å²) in [7, 11) is -1.94. The first-order valence-corrected chi connectivity index (χ1v) is 11.6. The molecule has 0 amide bonds. The Hall–Kier alpha value is -2.07. The van der Waals surface area contributed by atoms with Crippen molar-refractivity contribution in [3.8, 4) is 5.40 Å². The fraction of sp³-hybridized carbons (Fsp3) is 0.174. The van der Waals surface area contributed by atoms with Crippen LogP contribution >= 0.6 is 19.9 Å². The van der Waals surface area contributed by atoms with E-state index < -0.39 is 7.26 Å². The van der Waals surface area contributed by atoms with Gasteiger partial charge in [-0.05, 0) is 0 Å². The second-order valence-electron chi connectivity index (χ2n) is 6.21. The van der Waals surface area contributed by atoms with Gasteiger partial charge in [-0.2, -0.15) is 5.26 Å². The Morgan fingerprint density at radius 2 is 1.04 bits per heavy atom. The monoisotopic (exact) mass is 379 g/mol. The van der Waals surface area contributed by atoms with Crippen molar-refractivity contribution in [1.82, 2.24) is 0 Å². The summed E-state index contributed by atoms with van der Waals surface area (Å²) in [6.07, 6.45) is 3.77. The van der Waals surface area contributed by atoms with Crippen LogP contribution in [-0.2, 0) is 0 Å². The Labute approximate surface area is 163 Å². The van der Waals surface area contributed by atoms with Crippen molar-refractivity contribution in [3.05, 3.63) is 91.0 Å². The molecular formula is C23H26NPS. The van der Waals surface area contributed by atoms with Gasteiger partial charge in [0.05, 0.1) is 0 Å². The molecule has 0 aliphatic rings. The molecule has 0 unspecified atom stereocenters. The number of thiocyanates is 1. The van der Waals surface area contributed by atoms with Gasteiger partial charge in [0, 0.05) is 0 Å². The molecule has 0 heterocycles. The van der Waals surface area contributed by atoms with Crippen LogP contribution in [0.4, 0.5) is 0 Å². The van der Waals surface area contributed by atoms with E-state index in [4.69, 9.17) is 5.26 Å². The number of nitriles is 1. The van der Waals surface area contributed by atoms with E-state index in [0.717, 1.165) is 0 Å². The molecule has 0 radical (unpaired) electrons. The molecule has 0 saturated heterocycles. The molecule has 0 atom stereocenters. The van der Waals surface area contributed by atoms with Gasteiger partial charge in [0.25, 0.3) is 0 Å². The molecule has 0 saturated carbocycles. The Bertz CT molecular complexity index is 701. The fourth-order valence-electron chi connectivity index (χ4n) is 3.54. The van der Waals surface area contributed by atoms with Crippen molar-refractivity contribution in [2.45, 2.75) is 19.8 Å². The maximum absolute atomic E-state index is 7.18. The largest absolute Gasteiger partial charge is 0.185 e. The Morgan fingerprint density at radius 3 is 1.31 bits per heavy atom. The summed E-state index contributed by atoms with van der Waals surface area (Å²) in [5, 5.41) is 13.2. The molecule has 0 bridgehead atoms. The molecule has 0 aliphatic carbocycles. The molecule has 0 fully saturated rings. The number of nitrogens with zero attached hydrogens (tertiary/aromatic N) is 1. The fourth-order valence-corrected chi connectivity index (χ4v) is 8.58.